The van der Waals surface area contributed by atoms with Crippen LogP contribution in [0.4, 0.5) is 0 Å². The van der Waals surface area contributed by atoms with Crippen molar-refractivity contribution in [2.24, 2.45) is 11.3 Å². The number of rotatable bonds is 2. The number of carbonyl (C=O) groups is 2. The normalized spacial score (nSPS) is 21.9. The average molecular weight is 185 g/mol. The van der Waals surface area contributed by atoms with E-state index in [0.717, 1.165) is 0 Å². The van der Waals surface area contributed by atoms with Gasteiger partial charge >= 0.3 is 5.97 Å². The lowest BCUT2D eigenvalue weighted by Crippen LogP contribution is -2.57. The number of hydrogen-bond acceptors (Lipinski definition) is 2. The van der Waals surface area contributed by atoms with E-state index in [-0.39, 0.29) is 11.3 Å². The van der Waals surface area contributed by atoms with Crippen LogP contribution in [0.5, 0.6) is 0 Å². The molecule has 1 amide bonds. The molecule has 1 aliphatic rings. The van der Waals surface area contributed by atoms with E-state index < -0.39 is 11.9 Å². The van der Waals surface area contributed by atoms with Crippen LogP contribution in [-0.4, -0.2) is 35.0 Å². The third-order valence-corrected chi connectivity index (χ3v) is 2.29. The molecule has 1 atom stereocenters. The molecule has 1 saturated heterocycles. The number of nitrogens with zero attached hydrogens (tertiary/aromatic N) is 1. The van der Waals surface area contributed by atoms with Crippen LogP contribution < -0.4 is 0 Å². The predicted octanol–water partition coefficient (Wildman–Crippen LogP) is 0.575. The minimum atomic E-state index is -1.05. The number of carboxylic acids is 1. The average Bonchev–Trinajstić information content (AvgIpc) is 1.97. The molecule has 4 nitrogen and oxygen atoms in total. The van der Waals surface area contributed by atoms with Crippen LogP contribution in [0.1, 0.15) is 20.8 Å². The minimum Gasteiger partial charge on any atom is -0.481 e. The molecule has 0 saturated carbocycles. The molecule has 1 rings (SSSR count). The largest absolute Gasteiger partial charge is 0.481 e. The van der Waals surface area contributed by atoms with Crippen LogP contribution in [0.3, 0.4) is 0 Å². The number of carboxylic acid groups (broad SMARTS) is 1. The molecular weight excluding hydrogens is 170 g/mol. The molecule has 1 unspecified atom stereocenters. The highest BCUT2D eigenvalue weighted by Crippen LogP contribution is 2.29. The number of aliphatic carboxylic acids is 1. The quantitative estimate of drug-likeness (QED) is 0.640. The van der Waals surface area contributed by atoms with Gasteiger partial charge in [-0.1, -0.05) is 13.8 Å². The Kier molecular flexibility index (Phi) is 2.32. The van der Waals surface area contributed by atoms with Gasteiger partial charge in [0.05, 0.1) is 0 Å². The Morgan fingerprint density at radius 1 is 1.38 bits per heavy atom. The summed E-state index contributed by atoms with van der Waals surface area (Å²) in [6.45, 7) is 6.88. The van der Waals surface area contributed by atoms with Gasteiger partial charge in [0.2, 0.25) is 5.91 Å². The molecule has 13 heavy (non-hydrogen) atoms. The van der Waals surface area contributed by atoms with Gasteiger partial charge in [0.25, 0.3) is 0 Å². The van der Waals surface area contributed by atoms with Crippen LogP contribution in [-0.2, 0) is 9.59 Å². The number of likely N-dealkylation sites (tertiary alicyclic amines) is 1. The van der Waals surface area contributed by atoms with Crippen molar-refractivity contribution in [3.05, 3.63) is 0 Å². The lowest BCUT2D eigenvalue weighted by Gasteiger charge is -2.46. The Hall–Kier alpha value is -1.06. The summed E-state index contributed by atoms with van der Waals surface area (Å²) in [5, 5.41) is 8.60. The second-order valence-electron chi connectivity index (χ2n) is 4.42. The molecule has 1 fully saturated rings. The van der Waals surface area contributed by atoms with Crippen LogP contribution in [0.25, 0.3) is 0 Å². The third-order valence-electron chi connectivity index (χ3n) is 2.29. The van der Waals surface area contributed by atoms with E-state index in [1.807, 2.05) is 0 Å². The number of carbonyl (C=O) groups excluding carboxylic acids is 1. The topological polar surface area (TPSA) is 57.6 Å². The van der Waals surface area contributed by atoms with E-state index in [0.29, 0.717) is 13.1 Å². The fourth-order valence-corrected chi connectivity index (χ4v) is 1.52. The third kappa shape index (κ3) is 1.99. The first kappa shape index (κ1) is 10.0. The van der Waals surface area contributed by atoms with E-state index in [1.165, 1.54) is 6.92 Å². The second-order valence-corrected chi connectivity index (χ2v) is 4.42. The molecule has 0 aliphatic carbocycles. The summed E-state index contributed by atoms with van der Waals surface area (Å²) in [4.78, 5) is 23.5. The Morgan fingerprint density at radius 2 is 1.85 bits per heavy atom. The lowest BCUT2D eigenvalue weighted by molar-refractivity contribution is -0.155. The molecular formula is C9H15NO3. The molecule has 1 N–H and O–H groups in total. The highest BCUT2D eigenvalue weighted by atomic mass is 16.4. The van der Waals surface area contributed by atoms with E-state index in [9.17, 15) is 9.59 Å². The first-order valence-corrected chi connectivity index (χ1v) is 4.35. The van der Waals surface area contributed by atoms with Crippen molar-refractivity contribution in [1.29, 1.82) is 0 Å². The fourth-order valence-electron chi connectivity index (χ4n) is 1.52. The zero-order valence-corrected chi connectivity index (χ0v) is 8.20. The van der Waals surface area contributed by atoms with Crippen molar-refractivity contribution in [1.82, 2.24) is 4.90 Å². The fraction of sp³-hybridized carbons (Fsp3) is 0.778. The molecule has 1 aliphatic heterocycles. The van der Waals surface area contributed by atoms with Gasteiger partial charge in [-0.15, -0.1) is 0 Å². The summed E-state index contributed by atoms with van der Waals surface area (Å²) in [5.41, 5.74) is 0.161. The van der Waals surface area contributed by atoms with Gasteiger partial charge in [0, 0.05) is 13.1 Å². The maximum atomic E-state index is 11.4. The van der Waals surface area contributed by atoms with Gasteiger partial charge in [-0.05, 0) is 12.3 Å². The summed E-state index contributed by atoms with van der Waals surface area (Å²) in [6, 6.07) is 0. The molecule has 0 bridgehead atoms. The van der Waals surface area contributed by atoms with Gasteiger partial charge in [0.1, 0.15) is 5.92 Å². The molecule has 1 heterocycles. The molecule has 0 radical (unpaired) electrons. The van der Waals surface area contributed by atoms with Crippen LogP contribution in [0, 0.1) is 11.3 Å². The van der Waals surface area contributed by atoms with Crippen LogP contribution >= 0.6 is 0 Å². The molecule has 0 spiro atoms. The first-order chi connectivity index (χ1) is 5.83. The predicted molar refractivity (Wildman–Crippen MR) is 47.2 cm³/mol. The molecule has 74 valence electrons. The van der Waals surface area contributed by atoms with Crippen molar-refractivity contribution in [2.45, 2.75) is 20.8 Å². The van der Waals surface area contributed by atoms with Gasteiger partial charge in [-0.25, -0.2) is 0 Å². The smallest absolute Gasteiger partial charge is 0.315 e. The molecule has 0 aromatic carbocycles. The highest BCUT2D eigenvalue weighted by Gasteiger charge is 2.39. The lowest BCUT2D eigenvalue weighted by atomic mass is 9.83. The van der Waals surface area contributed by atoms with Crippen molar-refractivity contribution in [2.75, 3.05) is 13.1 Å². The van der Waals surface area contributed by atoms with E-state index in [1.54, 1.807) is 4.90 Å². The van der Waals surface area contributed by atoms with Crippen molar-refractivity contribution in [3.63, 3.8) is 0 Å². The van der Waals surface area contributed by atoms with Gasteiger partial charge in [-0.2, -0.15) is 0 Å². The summed E-state index contributed by atoms with van der Waals surface area (Å²) >= 11 is 0. The molecule has 0 aromatic heterocycles. The monoisotopic (exact) mass is 185 g/mol. The summed E-state index contributed by atoms with van der Waals surface area (Å²) in [6.07, 6.45) is 0. The first-order valence-electron chi connectivity index (χ1n) is 4.35. The highest BCUT2D eigenvalue weighted by molar-refractivity contribution is 5.96. The second kappa shape index (κ2) is 3.01. The Bertz CT molecular complexity index is 239. The summed E-state index contributed by atoms with van der Waals surface area (Å²) < 4.78 is 0. The number of amides is 1. The van der Waals surface area contributed by atoms with Crippen molar-refractivity contribution >= 4 is 11.9 Å². The zero-order valence-electron chi connectivity index (χ0n) is 8.20. The minimum absolute atomic E-state index is 0.161. The maximum absolute atomic E-state index is 11.4. The van der Waals surface area contributed by atoms with Crippen LogP contribution in [0.2, 0.25) is 0 Å². The van der Waals surface area contributed by atoms with Crippen LogP contribution in [0.15, 0.2) is 0 Å². The van der Waals surface area contributed by atoms with E-state index in [4.69, 9.17) is 5.11 Å². The maximum Gasteiger partial charge on any atom is 0.315 e. The molecule has 0 aromatic rings. The van der Waals surface area contributed by atoms with Crippen molar-refractivity contribution < 1.29 is 14.7 Å². The Balaban J connectivity index is 2.48. The van der Waals surface area contributed by atoms with Gasteiger partial charge in [-0.3, -0.25) is 9.59 Å². The van der Waals surface area contributed by atoms with Gasteiger partial charge in [0.15, 0.2) is 0 Å². The van der Waals surface area contributed by atoms with E-state index >= 15 is 0 Å². The van der Waals surface area contributed by atoms with E-state index in [2.05, 4.69) is 13.8 Å². The molecule has 4 heteroatoms. The zero-order chi connectivity index (χ0) is 10.2. The number of hydrogen-bond donors (Lipinski definition) is 1. The Morgan fingerprint density at radius 3 is 2.15 bits per heavy atom. The van der Waals surface area contributed by atoms with Crippen molar-refractivity contribution in [3.8, 4) is 0 Å². The summed E-state index contributed by atoms with van der Waals surface area (Å²) in [5.74, 6) is -2.22. The Labute approximate surface area is 77.5 Å². The summed E-state index contributed by atoms with van der Waals surface area (Å²) in [7, 11) is 0. The SMILES string of the molecule is CC(C(=O)O)C(=O)N1CC(C)(C)C1. The standard InChI is InChI=1S/C9H15NO3/c1-6(8(12)13)7(11)10-4-9(2,3)5-10/h6H,4-5H2,1-3H3,(H,12,13). The van der Waals surface area contributed by atoms with Gasteiger partial charge < -0.3 is 10.0 Å².